The van der Waals surface area contributed by atoms with Crippen molar-refractivity contribution in [2.45, 2.75) is 45.6 Å². The Balaban J connectivity index is 1.51. The minimum atomic E-state index is -0.509. The summed E-state index contributed by atoms with van der Waals surface area (Å²) >= 11 is 5.88. The summed E-state index contributed by atoms with van der Waals surface area (Å²) in [6.07, 6.45) is 3.40. The molecule has 9 heteroatoms. The van der Waals surface area contributed by atoms with E-state index in [9.17, 15) is 9.18 Å². The van der Waals surface area contributed by atoms with Crippen LogP contribution >= 0.6 is 11.6 Å². The maximum absolute atomic E-state index is 14.2. The van der Waals surface area contributed by atoms with Gasteiger partial charge in [0.15, 0.2) is 11.3 Å². The van der Waals surface area contributed by atoms with E-state index in [0.29, 0.717) is 42.0 Å². The van der Waals surface area contributed by atoms with E-state index in [-0.39, 0.29) is 22.1 Å². The van der Waals surface area contributed by atoms with Crippen LogP contribution in [-0.2, 0) is 5.41 Å². The molecule has 192 valence electrons. The topological polar surface area (TPSA) is 75.4 Å². The fourth-order valence-corrected chi connectivity index (χ4v) is 4.96. The molecule has 0 aliphatic carbocycles. The Kier molecular flexibility index (Phi) is 6.18. The van der Waals surface area contributed by atoms with Gasteiger partial charge in [0.05, 0.1) is 34.3 Å². The van der Waals surface area contributed by atoms with Crippen LogP contribution in [0.2, 0.25) is 5.02 Å². The third-order valence-electron chi connectivity index (χ3n) is 6.79. The molecule has 0 unspecified atom stereocenters. The normalized spacial score (nSPS) is 15.9. The quantitative estimate of drug-likeness (QED) is 0.323. The molecule has 0 bridgehead atoms. The average Bonchev–Trinajstić information content (AvgIpc) is 3.28. The van der Waals surface area contributed by atoms with Gasteiger partial charge in [-0.1, -0.05) is 38.4 Å². The second kappa shape index (κ2) is 9.10. The van der Waals surface area contributed by atoms with Crippen molar-refractivity contribution >= 4 is 34.3 Å². The van der Waals surface area contributed by atoms with Crippen molar-refractivity contribution in [3.05, 3.63) is 71.0 Å². The summed E-state index contributed by atoms with van der Waals surface area (Å²) < 4.78 is 20.4. The highest BCUT2D eigenvalue weighted by atomic mass is 35.5. The van der Waals surface area contributed by atoms with Gasteiger partial charge >= 0.3 is 0 Å². The number of hydrogen-bond acceptors (Lipinski definition) is 6. The van der Waals surface area contributed by atoms with Crippen LogP contribution < -0.4 is 4.90 Å². The van der Waals surface area contributed by atoms with Gasteiger partial charge in [-0.05, 0) is 43.5 Å². The number of carbonyl (C=O) groups excluding carboxylic acids is 1. The van der Waals surface area contributed by atoms with E-state index in [1.54, 1.807) is 24.5 Å². The number of aromatic nitrogens is 3. The molecule has 37 heavy (non-hydrogen) atoms. The number of amides is 1. The van der Waals surface area contributed by atoms with E-state index in [1.807, 2.05) is 30.9 Å². The van der Waals surface area contributed by atoms with Crippen molar-refractivity contribution in [2.24, 2.45) is 0 Å². The maximum atomic E-state index is 14.2. The number of benzene rings is 1. The number of hydrogen-bond donors (Lipinski definition) is 0. The lowest BCUT2D eigenvalue weighted by atomic mass is 9.86. The van der Waals surface area contributed by atoms with Gasteiger partial charge in [0.25, 0.3) is 5.91 Å². The molecule has 3 aromatic heterocycles. The summed E-state index contributed by atoms with van der Waals surface area (Å²) in [4.78, 5) is 22.5. The molecule has 1 saturated heterocycles. The Labute approximate surface area is 220 Å². The van der Waals surface area contributed by atoms with Crippen LogP contribution in [0.1, 0.15) is 50.7 Å². The van der Waals surface area contributed by atoms with Gasteiger partial charge in [0.2, 0.25) is 0 Å². The van der Waals surface area contributed by atoms with Crippen molar-refractivity contribution < 1.29 is 13.6 Å². The highest BCUT2D eigenvalue weighted by molar-refractivity contribution is 6.30. The first-order valence-corrected chi connectivity index (χ1v) is 12.6. The summed E-state index contributed by atoms with van der Waals surface area (Å²) in [5.74, 6) is -0.459. The Morgan fingerprint density at radius 2 is 1.89 bits per heavy atom. The fourth-order valence-electron chi connectivity index (χ4n) is 4.84. The molecule has 0 atom stereocenters. The number of furan rings is 1. The lowest BCUT2D eigenvalue weighted by Crippen LogP contribution is -2.61. The Morgan fingerprint density at radius 1 is 1.11 bits per heavy atom. The zero-order valence-electron chi connectivity index (χ0n) is 21.5. The number of piperazine rings is 1. The van der Waals surface area contributed by atoms with E-state index < -0.39 is 11.4 Å². The Bertz CT molecular complexity index is 1480. The van der Waals surface area contributed by atoms with Crippen LogP contribution in [0, 0.1) is 5.82 Å². The van der Waals surface area contributed by atoms with Gasteiger partial charge in [0, 0.05) is 36.8 Å². The van der Waals surface area contributed by atoms with Gasteiger partial charge < -0.3 is 14.2 Å². The van der Waals surface area contributed by atoms with E-state index in [1.165, 1.54) is 12.1 Å². The first-order valence-electron chi connectivity index (χ1n) is 12.2. The molecule has 0 saturated carbocycles. The zero-order valence-corrected chi connectivity index (χ0v) is 22.3. The van der Waals surface area contributed by atoms with E-state index in [4.69, 9.17) is 21.0 Å². The maximum Gasteiger partial charge on any atom is 0.290 e. The molecular weight excluding hydrogens is 493 g/mol. The molecule has 5 rings (SSSR count). The lowest BCUT2D eigenvalue weighted by molar-refractivity contribution is 0.0484. The molecule has 1 fully saturated rings. The molecule has 0 spiro atoms. The van der Waals surface area contributed by atoms with Gasteiger partial charge in [-0.25, -0.2) is 9.37 Å². The third-order valence-corrected chi connectivity index (χ3v) is 7.10. The van der Waals surface area contributed by atoms with Crippen molar-refractivity contribution in [2.75, 3.05) is 24.5 Å². The first-order chi connectivity index (χ1) is 17.4. The molecule has 0 N–H and O–H groups in total. The molecule has 7 nitrogen and oxygen atoms in total. The van der Waals surface area contributed by atoms with Gasteiger partial charge in [-0.2, -0.15) is 10.2 Å². The summed E-state index contributed by atoms with van der Waals surface area (Å²) in [5, 5.41) is 7.89. The van der Waals surface area contributed by atoms with Crippen molar-refractivity contribution in [3.8, 4) is 11.3 Å². The summed E-state index contributed by atoms with van der Waals surface area (Å²) in [5.41, 5.74) is 3.42. The highest BCUT2D eigenvalue weighted by Gasteiger charge is 2.39. The smallest absolute Gasteiger partial charge is 0.290 e. The summed E-state index contributed by atoms with van der Waals surface area (Å²) in [6, 6.07) is 10.1. The molecule has 1 amide bonds. The Morgan fingerprint density at radius 3 is 2.54 bits per heavy atom. The van der Waals surface area contributed by atoms with E-state index >= 15 is 0 Å². The van der Waals surface area contributed by atoms with Gasteiger partial charge in [-0.3, -0.25) is 4.79 Å². The van der Waals surface area contributed by atoms with Crippen LogP contribution in [-0.4, -0.2) is 51.2 Å². The van der Waals surface area contributed by atoms with Gasteiger partial charge in [-0.15, -0.1) is 0 Å². The molecular formula is C28H29ClFN5O2. The highest BCUT2D eigenvalue weighted by Crippen LogP contribution is 2.36. The standard InChI is InChI=1S/C28H29ClFN5O2/c1-27(2,3)19-13-22(17-6-7-20(29)21(30)12-17)33-23-14-24(37-25(19)23)26(36)35-11-10-34(16-28(35,4)5)18-8-9-31-32-15-18/h6-9,12-15H,10-11,16H2,1-5H3. The van der Waals surface area contributed by atoms with Crippen LogP contribution in [0.5, 0.6) is 0 Å². The summed E-state index contributed by atoms with van der Waals surface area (Å²) in [7, 11) is 0. The molecule has 1 aromatic carbocycles. The second-order valence-electron chi connectivity index (χ2n) is 11.1. The molecule has 4 aromatic rings. The van der Waals surface area contributed by atoms with Crippen LogP contribution in [0.15, 0.2) is 53.2 Å². The number of rotatable bonds is 3. The predicted molar refractivity (Wildman–Crippen MR) is 142 cm³/mol. The minimum absolute atomic E-state index is 0.0555. The van der Waals surface area contributed by atoms with Crippen molar-refractivity contribution in [1.82, 2.24) is 20.1 Å². The van der Waals surface area contributed by atoms with Crippen LogP contribution in [0.25, 0.3) is 22.4 Å². The van der Waals surface area contributed by atoms with Crippen LogP contribution in [0.4, 0.5) is 10.1 Å². The summed E-state index contributed by atoms with van der Waals surface area (Å²) in [6.45, 7) is 12.1. The number of pyridine rings is 1. The average molecular weight is 522 g/mol. The number of nitrogens with zero attached hydrogens (tertiary/aromatic N) is 5. The van der Waals surface area contributed by atoms with E-state index in [0.717, 1.165) is 11.3 Å². The lowest BCUT2D eigenvalue weighted by Gasteiger charge is -2.47. The second-order valence-corrected chi connectivity index (χ2v) is 11.5. The fraction of sp³-hybridized carbons (Fsp3) is 0.357. The SMILES string of the molecule is CC(C)(C)c1cc(-c2ccc(Cl)c(F)c2)nc2cc(C(=O)N3CCN(c4ccnnc4)CC3(C)C)oc12. The number of fused-ring (bicyclic) bond motifs is 1. The first kappa shape index (κ1) is 25.1. The molecule has 4 heterocycles. The number of halogens is 2. The monoisotopic (exact) mass is 521 g/mol. The molecule has 0 radical (unpaired) electrons. The Hall–Kier alpha value is -3.52. The zero-order chi connectivity index (χ0) is 26.5. The van der Waals surface area contributed by atoms with Crippen molar-refractivity contribution in [1.29, 1.82) is 0 Å². The molecule has 1 aliphatic heterocycles. The minimum Gasteiger partial charge on any atom is -0.449 e. The van der Waals surface area contributed by atoms with E-state index in [2.05, 4.69) is 35.9 Å². The number of anilines is 1. The van der Waals surface area contributed by atoms with Crippen molar-refractivity contribution in [3.63, 3.8) is 0 Å². The molecule has 1 aliphatic rings. The largest absolute Gasteiger partial charge is 0.449 e. The third kappa shape index (κ3) is 4.78. The van der Waals surface area contributed by atoms with Gasteiger partial charge in [0.1, 0.15) is 11.3 Å². The number of carbonyl (C=O) groups is 1. The van der Waals surface area contributed by atoms with Crippen LogP contribution in [0.3, 0.4) is 0 Å². The predicted octanol–water partition coefficient (Wildman–Crippen LogP) is 6.12.